The number of nitrogens with zero attached hydrogens (tertiary/aromatic N) is 2. The van der Waals surface area contributed by atoms with E-state index < -0.39 is 15.5 Å². The predicted octanol–water partition coefficient (Wildman–Crippen LogP) is 4.41. The number of non-ortho nitro benzene ring substituents is 1. The molecule has 0 fully saturated rings. The van der Waals surface area contributed by atoms with Gasteiger partial charge in [-0.25, -0.2) is 0 Å². The molecule has 0 aliphatic carbocycles. The SMILES string of the molecule is CCCCOc1ccc(NC(=O)CSc2ccc([N+](=O)[O-])cc2[N+](=O)[O-])cc1. The van der Waals surface area contributed by atoms with Gasteiger partial charge in [-0.2, -0.15) is 0 Å². The summed E-state index contributed by atoms with van der Waals surface area (Å²) < 4.78 is 5.55. The number of amides is 1. The predicted molar refractivity (Wildman–Crippen MR) is 106 cm³/mol. The van der Waals surface area contributed by atoms with Crippen LogP contribution in [0.3, 0.4) is 0 Å². The van der Waals surface area contributed by atoms with Gasteiger partial charge in [0.05, 0.1) is 33.2 Å². The maximum Gasteiger partial charge on any atom is 0.289 e. The van der Waals surface area contributed by atoms with E-state index in [1.54, 1.807) is 24.3 Å². The van der Waals surface area contributed by atoms with Crippen molar-refractivity contribution in [3.63, 3.8) is 0 Å². The number of thioether (sulfide) groups is 1. The van der Waals surface area contributed by atoms with E-state index in [1.165, 1.54) is 12.1 Å². The molecule has 0 saturated heterocycles. The molecule has 2 aromatic carbocycles. The summed E-state index contributed by atoms with van der Waals surface area (Å²) in [5.41, 5.74) is -0.200. The van der Waals surface area contributed by atoms with Crippen LogP contribution in [0.15, 0.2) is 47.4 Å². The van der Waals surface area contributed by atoms with E-state index in [-0.39, 0.29) is 22.2 Å². The summed E-state index contributed by atoms with van der Waals surface area (Å²) in [7, 11) is 0. The summed E-state index contributed by atoms with van der Waals surface area (Å²) in [5, 5.41) is 24.6. The van der Waals surface area contributed by atoms with Gasteiger partial charge in [0.25, 0.3) is 11.4 Å². The van der Waals surface area contributed by atoms with E-state index in [2.05, 4.69) is 12.2 Å². The quantitative estimate of drug-likeness (QED) is 0.268. The zero-order valence-electron chi connectivity index (χ0n) is 15.1. The van der Waals surface area contributed by atoms with Crippen LogP contribution < -0.4 is 10.1 Å². The van der Waals surface area contributed by atoms with E-state index in [0.717, 1.165) is 30.7 Å². The molecule has 0 spiro atoms. The highest BCUT2D eigenvalue weighted by Gasteiger charge is 2.20. The van der Waals surface area contributed by atoms with Gasteiger partial charge in [0, 0.05) is 11.8 Å². The maximum atomic E-state index is 12.1. The average Bonchev–Trinajstić information content (AvgIpc) is 2.67. The average molecular weight is 405 g/mol. The third-order valence-corrected chi connectivity index (χ3v) is 4.68. The van der Waals surface area contributed by atoms with Crippen molar-refractivity contribution in [3.05, 3.63) is 62.7 Å². The maximum absolute atomic E-state index is 12.1. The van der Waals surface area contributed by atoms with Crippen LogP contribution in [0.5, 0.6) is 5.75 Å². The normalized spacial score (nSPS) is 10.3. The third kappa shape index (κ3) is 6.23. The Morgan fingerprint density at radius 1 is 1.11 bits per heavy atom. The van der Waals surface area contributed by atoms with Crippen molar-refractivity contribution in [3.8, 4) is 5.75 Å². The Balaban J connectivity index is 1.93. The van der Waals surface area contributed by atoms with Crippen molar-refractivity contribution in [2.75, 3.05) is 17.7 Å². The lowest BCUT2D eigenvalue weighted by Gasteiger charge is -2.08. The molecule has 0 unspecified atom stereocenters. The molecule has 0 heterocycles. The molecule has 1 amide bonds. The number of carbonyl (C=O) groups excluding carboxylic acids is 1. The fourth-order valence-electron chi connectivity index (χ4n) is 2.19. The minimum absolute atomic E-state index is 0.0760. The molecule has 0 bridgehead atoms. The van der Waals surface area contributed by atoms with Gasteiger partial charge in [-0.1, -0.05) is 13.3 Å². The van der Waals surface area contributed by atoms with Crippen molar-refractivity contribution in [2.45, 2.75) is 24.7 Å². The highest BCUT2D eigenvalue weighted by molar-refractivity contribution is 8.00. The molecule has 0 aliphatic heterocycles. The van der Waals surface area contributed by atoms with Crippen LogP contribution in [0.4, 0.5) is 17.1 Å². The number of ether oxygens (including phenoxy) is 1. The summed E-state index contributed by atoms with van der Waals surface area (Å²) in [6, 6.07) is 10.2. The largest absolute Gasteiger partial charge is 0.494 e. The monoisotopic (exact) mass is 405 g/mol. The van der Waals surface area contributed by atoms with Crippen LogP contribution in [-0.2, 0) is 4.79 Å². The van der Waals surface area contributed by atoms with Crippen molar-refractivity contribution in [1.82, 2.24) is 0 Å². The number of nitro benzene ring substituents is 2. The topological polar surface area (TPSA) is 125 Å². The smallest absolute Gasteiger partial charge is 0.289 e. The Morgan fingerprint density at radius 2 is 1.82 bits per heavy atom. The van der Waals surface area contributed by atoms with Crippen molar-refractivity contribution < 1.29 is 19.4 Å². The number of nitro groups is 2. The number of unbranched alkanes of at least 4 members (excludes halogenated alkanes) is 1. The second kappa shape index (κ2) is 10.3. The van der Waals surface area contributed by atoms with E-state index in [4.69, 9.17) is 4.74 Å². The molecular weight excluding hydrogens is 386 g/mol. The molecule has 0 aromatic heterocycles. The lowest BCUT2D eigenvalue weighted by atomic mass is 10.3. The Bertz CT molecular complexity index is 857. The third-order valence-electron chi connectivity index (χ3n) is 3.61. The number of hydrogen-bond donors (Lipinski definition) is 1. The van der Waals surface area contributed by atoms with E-state index >= 15 is 0 Å². The van der Waals surface area contributed by atoms with Gasteiger partial charge in [-0.3, -0.25) is 25.0 Å². The Morgan fingerprint density at radius 3 is 2.43 bits per heavy atom. The molecule has 148 valence electrons. The van der Waals surface area contributed by atoms with Gasteiger partial charge in [0.15, 0.2) is 0 Å². The van der Waals surface area contributed by atoms with Crippen LogP contribution >= 0.6 is 11.8 Å². The molecule has 1 N–H and O–H groups in total. The molecule has 10 heteroatoms. The van der Waals surface area contributed by atoms with Gasteiger partial charge in [-0.15, -0.1) is 11.8 Å². The van der Waals surface area contributed by atoms with Crippen LogP contribution in [0, 0.1) is 20.2 Å². The summed E-state index contributed by atoms with van der Waals surface area (Å²) in [5.74, 6) is 0.285. The molecular formula is C18H19N3O6S. The fourth-order valence-corrected chi connectivity index (χ4v) is 3.00. The minimum Gasteiger partial charge on any atom is -0.494 e. The molecule has 0 radical (unpaired) electrons. The number of carbonyl (C=O) groups is 1. The highest BCUT2D eigenvalue weighted by atomic mass is 32.2. The van der Waals surface area contributed by atoms with E-state index in [0.29, 0.717) is 18.0 Å². The second-order valence-electron chi connectivity index (χ2n) is 5.73. The van der Waals surface area contributed by atoms with Crippen LogP contribution in [0.25, 0.3) is 0 Å². The van der Waals surface area contributed by atoms with Crippen molar-refractivity contribution in [1.29, 1.82) is 0 Å². The Hall–Kier alpha value is -3.14. The van der Waals surface area contributed by atoms with Crippen LogP contribution in [-0.4, -0.2) is 28.1 Å². The first-order valence-electron chi connectivity index (χ1n) is 8.49. The van der Waals surface area contributed by atoms with Gasteiger partial charge in [0.1, 0.15) is 5.75 Å². The molecule has 0 saturated carbocycles. The minimum atomic E-state index is -0.705. The summed E-state index contributed by atoms with van der Waals surface area (Å²) >= 11 is 0.939. The summed E-state index contributed by atoms with van der Waals surface area (Å²) in [4.78, 5) is 32.7. The van der Waals surface area contributed by atoms with E-state index in [9.17, 15) is 25.0 Å². The molecule has 2 aromatic rings. The van der Waals surface area contributed by atoms with Gasteiger partial charge in [-0.05, 0) is 36.8 Å². The number of rotatable bonds is 10. The first-order valence-corrected chi connectivity index (χ1v) is 9.47. The van der Waals surface area contributed by atoms with E-state index in [1.807, 2.05) is 0 Å². The zero-order valence-corrected chi connectivity index (χ0v) is 15.9. The van der Waals surface area contributed by atoms with Crippen LogP contribution in [0.2, 0.25) is 0 Å². The first-order chi connectivity index (χ1) is 13.4. The lowest BCUT2D eigenvalue weighted by Crippen LogP contribution is -2.14. The molecule has 0 aliphatic rings. The molecule has 2 rings (SSSR count). The van der Waals surface area contributed by atoms with Gasteiger partial charge >= 0.3 is 0 Å². The highest BCUT2D eigenvalue weighted by Crippen LogP contribution is 2.32. The Labute approximate surface area is 165 Å². The number of benzene rings is 2. The first kappa shape index (κ1) is 21.2. The number of hydrogen-bond acceptors (Lipinski definition) is 7. The molecule has 0 atom stereocenters. The second-order valence-corrected chi connectivity index (χ2v) is 6.75. The van der Waals surface area contributed by atoms with Gasteiger partial charge in [0.2, 0.25) is 5.91 Å². The number of nitrogens with one attached hydrogen (secondary N) is 1. The zero-order chi connectivity index (χ0) is 20.5. The summed E-state index contributed by atoms with van der Waals surface area (Å²) in [6.45, 7) is 2.71. The van der Waals surface area contributed by atoms with Crippen LogP contribution in [0.1, 0.15) is 19.8 Å². The molecule has 9 nitrogen and oxygen atoms in total. The fraction of sp³-hybridized carbons (Fsp3) is 0.278. The Kier molecular flexibility index (Phi) is 7.76. The standard InChI is InChI=1S/C18H19N3O6S/c1-2-3-10-27-15-7-4-13(5-8-15)19-18(22)12-28-17-9-6-14(20(23)24)11-16(17)21(25)26/h4-9,11H,2-3,10,12H2,1H3,(H,19,22). The van der Waals surface area contributed by atoms with Gasteiger partial charge < -0.3 is 10.1 Å². The summed E-state index contributed by atoms with van der Waals surface area (Å²) in [6.07, 6.45) is 2.00. The number of anilines is 1. The van der Waals surface area contributed by atoms with Crippen molar-refractivity contribution in [2.24, 2.45) is 0 Å². The molecule has 28 heavy (non-hydrogen) atoms. The lowest BCUT2D eigenvalue weighted by molar-refractivity contribution is -0.396. The van der Waals surface area contributed by atoms with Crippen molar-refractivity contribution >= 4 is 34.7 Å².